The largest absolute Gasteiger partial charge is 0.478 e. The highest BCUT2D eigenvalue weighted by atomic mass is 16.4. The molecule has 0 bridgehead atoms. The Kier molecular flexibility index (Phi) is 2.63. The van der Waals surface area contributed by atoms with E-state index in [-0.39, 0.29) is 0 Å². The molecule has 0 unspecified atom stereocenters. The van der Waals surface area contributed by atoms with E-state index in [4.69, 9.17) is 5.11 Å². The van der Waals surface area contributed by atoms with E-state index in [9.17, 15) is 4.79 Å². The van der Waals surface area contributed by atoms with Crippen LogP contribution in [-0.2, 0) is 11.3 Å². The summed E-state index contributed by atoms with van der Waals surface area (Å²) in [7, 11) is 0. The van der Waals surface area contributed by atoms with Crippen LogP contribution in [0.4, 0.5) is 0 Å². The zero-order valence-corrected chi connectivity index (χ0v) is 6.77. The van der Waals surface area contributed by atoms with Crippen molar-refractivity contribution >= 4 is 12.0 Å². The molecule has 12 heavy (non-hydrogen) atoms. The summed E-state index contributed by atoms with van der Waals surface area (Å²) in [5, 5.41) is 12.3. The number of aryl methyl sites for hydroxylation is 1. The molecule has 0 saturated heterocycles. The van der Waals surface area contributed by atoms with Crippen LogP contribution in [0, 0.1) is 0 Å². The third-order valence-corrected chi connectivity index (χ3v) is 1.40. The molecule has 4 heteroatoms. The van der Waals surface area contributed by atoms with Crippen LogP contribution in [0.5, 0.6) is 0 Å². The monoisotopic (exact) mass is 166 g/mol. The van der Waals surface area contributed by atoms with E-state index in [0.717, 1.165) is 18.2 Å². The Morgan fingerprint density at radius 1 is 1.83 bits per heavy atom. The van der Waals surface area contributed by atoms with Gasteiger partial charge in [-0.3, -0.25) is 4.68 Å². The lowest BCUT2D eigenvalue weighted by molar-refractivity contribution is -0.131. The lowest BCUT2D eigenvalue weighted by Gasteiger charge is -1.88. The van der Waals surface area contributed by atoms with Gasteiger partial charge >= 0.3 is 5.97 Å². The molecule has 1 heterocycles. The summed E-state index contributed by atoms with van der Waals surface area (Å²) in [6.45, 7) is 2.76. The van der Waals surface area contributed by atoms with Crippen LogP contribution in [0.15, 0.2) is 18.5 Å². The molecule has 4 nitrogen and oxygen atoms in total. The van der Waals surface area contributed by atoms with Gasteiger partial charge in [0, 0.05) is 24.4 Å². The van der Waals surface area contributed by atoms with Gasteiger partial charge in [0.05, 0.1) is 6.20 Å². The molecule has 1 rings (SSSR count). The second kappa shape index (κ2) is 3.71. The van der Waals surface area contributed by atoms with E-state index < -0.39 is 5.97 Å². The fraction of sp³-hybridized carbons (Fsp3) is 0.250. The van der Waals surface area contributed by atoms with Gasteiger partial charge in [-0.15, -0.1) is 0 Å². The quantitative estimate of drug-likeness (QED) is 0.681. The first kappa shape index (κ1) is 8.52. The van der Waals surface area contributed by atoms with Gasteiger partial charge in [-0.2, -0.15) is 5.10 Å². The van der Waals surface area contributed by atoms with Crippen molar-refractivity contribution in [3.8, 4) is 0 Å². The third kappa shape index (κ3) is 2.23. The first-order valence-corrected chi connectivity index (χ1v) is 3.66. The maximum atomic E-state index is 10.1. The van der Waals surface area contributed by atoms with Gasteiger partial charge in [0.1, 0.15) is 0 Å². The van der Waals surface area contributed by atoms with Crippen molar-refractivity contribution in [3.05, 3.63) is 24.0 Å². The summed E-state index contributed by atoms with van der Waals surface area (Å²) in [5.41, 5.74) is 0.805. The molecular formula is C8H10N2O2. The average Bonchev–Trinajstić information content (AvgIpc) is 2.48. The minimum Gasteiger partial charge on any atom is -0.478 e. The van der Waals surface area contributed by atoms with Gasteiger partial charge in [-0.1, -0.05) is 0 Å². The molecule has 1 aromatic rings. The molecule has 1 N–H and O–H groups in total. The number of hydrogen-bond acceptors (Lipinski definition) is 2. The average molecular weight is 166 g/mol. The van der Waals surface area contributed by atoms with Crippen molar-refractivity contribution in [3.63, 3.8) is 0 Å². The molecule has 0 radical (unpaired) electrons. The standard InChI is InChI=1S/C8H10N2O2/c1-2-10-6-7(5-9-10)3-4-8(11)12/h3-6H,2H2,1H3,(H,11,12). The molecule has 0 aliphatic heterocycles. The van der Waals surface area contributed by atoms with E-state index in [1.165, 1.54) is 6.08 Å². The van der Waals surface area contributed by atoms with Crippen LogP contribution < -0.4 is 0 Å². The molecule has 0 spiro atoms. The molecule has 0 aromatic carbocycles. The summed E-state index contributed by atoms with van der Waals surface area (Å²) in [5.74, 6) is -0.945. The van der Waals surface area contributed by atoms with Crippen LogP contribution in [0.3, 0.4) is 0 Å². The van der Waals surface area contributed by atoms with Crippen molar-refractivity contribution in [2.45, 2.75) is 13.5 Å². The summed E-state index contributed by atoms with van der Waals surface area (Å²) in [6.07, 6.45) is 6.03. The Hall–Kier alpha value is -1.58. The number of rotatable bonds is 3. The van der Waals surface area contributed by atoms with Crippen molar-refractivity contribution < 1.29 is 9.90 Å². The Morgan fingerprint density at radius 3 is 3.08 bits per heavy atom. The zero-order valence-electron chi connectivity index (χ0n) is 6.77. The SMILES string of the molecule is CCn1cc(C=CC(=O)O)cn1. The summed E-state index contributed by atoms with van der Waals surface area (Å²) in [4.78, 5) is 10.1. The van der Waals surface area contributed by atoms with E-state index in [1.54, 1.807) is 17.1 Å². The van der Waals surface area contributed by atoms with E-state index >= 15 is 0 Å². The summed E-state index contributed by atoms with van der Waals surface area (Å²) < 4.78 is 1.74. The van der Waals surface area contributed by atoms with Gasteiger partial charge in [-0.05, 0) is 13.0 Å². The zero-order chi connectivity index (χ0) is 8.97. The van der Waals surface area contributed by atoms with E-state index in [2.05, 4.69) is 5.10 Å². The van der Waals surface area contributed by atoms with Crippen LogP contribution in [-0.4, -0.2) is 20.9 Å². The van der Waals surface area contributed by atoms with Gasteiger partial charge in [-0.25, -0.2) is 4.79 Å². The number of carboxylic acids is 1. The van der Waals surface area contributed by atoms with Gasteiger partial charge in [0.2, 0.25) is 0 Å². The fourth-order valence-corrected chi connectivity index (χ4v) is 0.806. The third-order valence-electron chi connectivity index (χ3n) is 1.40. The molecule has 1 aromatic heterocycles. The van der Waals surface area contributed by atoms with Gasteiger partial charge in [0.25, 0.3) is 0 Å². The Balaban J connectivity index is 2.70. The molecule has 0 aliphatic carbocycles. The number of carbonyl (C=O) groups is 1. The number of carboxylic acid groups (broad SMARTS) is 1. The highest BCUT2D eigenvalue weighted by Gasteiger charge is 1.92. The molecule has 0 fully saturated rings. The first-order valence-electron chi connectivity index (χ1n) is 3.66. The molecule has 0 atom stereocenters. The predicted molar refractivity (Wildman–Crippen MR) is 44.6 cm³/mol. The molecule has 0 saturated carbocycles. The van der Waals surface area contributed by atoms with Crippen LogP contribution in [0.2, 0.25) is 0 Å². The van der Waals surface area contributed by atoms with E-state index in [1.807, 2.05) is 6.92 Å². The minimum atomic E-state index is -0.945. The lowest BCUT2D eigenvalue weighted by atomic mass is 10.3. The molecular weight excluding hydrogens is 156 g/mol. The second-order valence-corrected chi connectivity index (χ2v) is 2.30. The fourth-order valence-electron chi connectivity index (χ4n) is 0.806. The number of aromatic nitrogens is 2. The topological polar surface area (TPSA) is 55.1 Å². The highest BCUT2D eigenvalue weighted by molar-refractivity contribution is 5.85. The maximum absolute atomic E-state index is 10.1. The van der Waals surface area contributed by atoms with E-state index in [0.29, 0.717) is 0 Å². The maximum Gasteiger partial charge on any atom is 0.328 e. The lowest BCUT2D eigenvalue weighted by Crippen LogP contribution is -1.91. The predicted octanol–water partition coefficient (Wildman–Crippen LogP) is 1.00. The highest BCUT2D eigenvalue weighted by Crippen LogP contribution is 1.99. The number of nitrogens with zero attached hydrogens (tertiary/aromatic N) is 2. The Morgan fingerprint density at radius 2 is 2.58 bits per heavy atom. The Bertz CT molecular complexity index is 302. The minimum absolute atomic E-state index is 0.793. The smallest absolute Gasteiger partial charge is 0.328 e. The molecule has 64 valence electrons. The summed E-state index contributed by atoms with van der Waals surface area (Å²) >= 11 is 0. The molecule has 0 amide bonds. The van der Waals surface area contributed by atoms with Gasteiger partial charge < -0.3 is 5.11 Å². The molecule has 0 aliphatic rings. The first-order chi connectivity index (χ1) is 5.72. The van der Waals surface area contributed by atoms with Crippen molar-refractivity contribution in [2.75, 3.05) is 0 Å². The summed E-state index contributed by atoms with van der Waals surface area (Å²) in [6, 6.07) is 0. The van der Waals surface area contributed by atoms with Crippen molar-refractivity contribution in [2.24, 2.45) is 0 Å². The normalized spacial score (nSPS) is 10.8. The van der Waals surface area contributed by atoms with Crippen LogP contribution in [0.1, 0.15) is 12.5 Å². The van der Waals surface area contributed by atoms with Crippen LogP contribution >= 0.6 is 0 Å². The van der Waals surface area contributed by atoms with Crippen molar-refractivity contribution in [1.82, 2.24) is 9.78 Å². The van der Waals surface area contributed by atoms with Crippen molar-refractivity contribution in [1.29, 1.82) is 0 Å². The number of hydrogen-bond donors (Lipinski definition) is 1. The second-order valence-electron chi connectivity index (χ2n) is 2.30. The Labute approximate surface area is 70.1 Å². The van der Waals surface area contributed by atoms with Crippen LogP contribution in [0.25, 0.3) is 6.08 Å². The van der Waals surface area contributed by atoms with Gasteiger partial charge in [0.15, 0.2) is 0 Å². The number of aliphatic carboxylic acids is 1.